The molecule has 5 nitrogen and oxygen atoms in total. The molecular weight excluding hydrogens is 300 g/mol. The van der Waals surface area contributed by atoms with Crippen LogP contribution in [0.15, 0.2) is 6.07 Å². The van der Waals surface area contributed by atoms with E-state index < -0.39 is 0 Å². The third-order valence-corrected chi connectivity index (χ3v) is 5.41. The van der Waals surface area contributed by atoms with E-state index in [1.807, 2.05) is 0 Å². The summed E-state index contributed by atoms with van der Waals surface area (Å²) in [6.45, 7) is 9.49. The predicted octanol–water partition coefficient (Wildman–Crippen LogP) is 2.94. The number of aryl methyl sites for hydroxylation is 1. The Hall–Kier alpha value is -1.36. The summed E-state index contributed by atoms with van der Waals surface area (Å²) >= 11 is 0. The molecule has 0 radical (unpaired) electrons. The first-order valence-electron chi connectivity index (χ1n) is 9.71. The van der Waals surface area contributed by atoms with Crippen molar-refractivity contribution in [3.05, 3.63) is 17.5 Å². The van der Waals surface area contributed by atoms with Crippen LogP contribution in [0.3, 0.4) is 0 Å². The van der Waals surface area contributed by atoms with E-state index in [9.17, 15) is 4.79 Å². The summed E-state index contributed by atoms with van der Waals surface area (Å²) in [5.74, 6) is 1.21. The zero-order valence-corrected chi connectivity index (χ0v) is 15.3. The van der Waals surface area contributed by atoms with Gasteiger partial charge < -0.3 is 5.32 Å². The summed E-state index contributed by atoms with van der Waals surface area (Å²) in [5, 5.41) is 7.77. The van der Waals surface area contributed by atoms with Gasteiger partial charge in [0.15, 0.2) is 0 Å². The zero-order valence-electron chi connectivity index (χ0n) is 15.3. The lowest BCUT2D eigenvalue weighted by Crippen LogP contribution is -2.34. The van der Waals surface area contributed by atoms with Gasteiger partial charge in [0.25, 0.3) is 0 Å². The second-order valence-electron chi connectivity index (χ2n) is 7.68. The summed E-state index contributed by atoms with van der Waals surface area (Å²) < 4.78 is 2.15. The molecule has 3 rings (SSSR count). The van der Waals surface area contributed by atoms with Crippen LogP contribution in [-0.2, 0) is 24.4 Å². The van der Waals surface area contributed by atoms with Crippen molar-refractivity contribution < 1.29 is 4.79 Å². The van der Waals surface area contributed by atoms with Crippen LogP contribution in [0.2, 0.25) is 0 Å². The van der Waals surface area contributed by atoms with E-state index in [2.05, 4.69) is 34.8 Å². The smallest absolute Gasteiger partial charge is 0.223 e. The van der Waals surface area contributed by atoms with E-state index in [1.54, 1.807) is 0 Å². The van der Waals surface area contributed by atoms with E-state index in [0.29, 0.717) is 6.54 Å². The lowest BCUT2D eigenvalue weighted by molar-refractivity contribution is -0.127. The lowest BCUT2D eigenvalue weighted by Gasteiger charge is -2.23. The molecule has 2 aliphatic rings. The van der Waals surface area contributed by atoms with Gasteiger partial charge in [0, 0.05) is 32.1 Å². The molecule has 0 saturated heterocycles. The predicted molar refractivity (Wildman–Crippen MR) is 95.4 cm³/mol. The average Bonchev–Trinajstić information content (AvgIpc) is 2.76. The van der Waals surface area contributed by atoms with E-state index in [0.717, 1.165) is 50.5 Å². The molecule has 1 saturated carbocycles. The van der Waals surface area contributed by atoms with Crippen LogP contribution in [0.25, 0.3) is 0 Å². The highest BCUT2D eigenvalue weighted by Crippen LogP contribution is 2.26. The summed E-state index contributed by atoms with van der Waals surface area (Å²) in [5.41, 5.74) is 2.30. The topological polar surface area (TPSA) is 50.2 Å². The Morgan fingerprint density at radius 3 is 2.92 bits per heavy atom. The molecule has 1 aromatic heterocycles. The maximum atomic E-state index is 12.0. The van der Waals surface area contributed by atoms with Gasteiger partial charge in [0.2, 0.25) is 5.91 Å². The number of carbonyl (C=O) groups excluding carboxylic acids is 1. The second-order valence-corrected chi connectivity index (χ2v) is 7.68. The van der Waals surface area contributed by atoms with Crippen LogP contribution >= 0.6 is 0 Å². The monoisotopic (exact) mass is 332 g/mol. The van der Waals surface area contributed by atoms with Gasteiger partial charge in [-0.05, 0) is 37.7 Å². The van der Waals surface area contributed by atoms with Gasteiger partial charge in [-0.1, -0.05) is 26.7 Å². The number of fused-ring (bicyclic) bond motifs is 1. The normalized spacial score (nSPS) is 20.1. The number of carbonyl (C=O) groups is 1. The van der Waals surface area contributed by atoms with Crippen LogP contribution in [0.5, 0.6) is 0 Å². The van der Waals surface area contributed by atoms with Crippen molar-refractivity contribution >= 4 is 5.91 Å². The summed E-state index contributed by atoms with van der Waals surface area (Å²) in [6, 6.07) is 2.18. The fraction of sp³-hybridized carbons (Fsp3) is 0.789. The minimum atomic E-state index is 0.208. The Morgan fingerprint density at radius 1 is 1.38 bits per heavy atom. The standard InChI is InChI=1S/C19H32N4O/c1-3-6-15(2)13-22-9-5-10-23-18(14-22)11-17(21-23)12-20-19(24)16-7-4-8-16/h11,15-16H,3-10,12-14H2,1-2H3,(H,20,24)/t15-/m1/s1. The molecule has 5 heteroatoms. The Kier molecular flexibility index (Phi) is 5.93. The molecular formula is C19H32N4O. The molecule has 2 heterocycles. The van der Waals surface area contributed by atoms with Gasteiger partial charge >= 0.3 is 0 Å². The molecule has 1 amide bonds. The van der Waals surface area contributed by atoms with Gasteiger partial charge in [0.1, 0.15) is 0 Å². The Labute approximate surface area is 145 Å². The van der Waals surface area contributed by atoms with Gasteiger partial charge in [-0.3, -0.25) is 14.4 Å². The molecule has 0 spiro atoms. The zero-order chi connectivity index (χ0) is 16.9. The summed E-state index contributed by atoms with van der Waals surface area (Å²) in [6.07, 6.45) is 7.02. The van der Waals surface area contributed by atoms with E-state index in [1.165, 1.54) is 31.5 Å². The van der Waals surface area contributed by atoms with Gasteiger partial charge in [-0.15, -0.1) is 0 Å². The average molecular weight is 332 g/mol. The fourth-order valence-electron chi connectivity index (χ4n) is 3.85. The van der Waals surface area contributed by atoms with Crippen molar-refractivity contribution in [2.75, 3.05) is 13.1 Å². The van der Waals surface area contributed by atoms with Gasteiger partial charge in [0.05, 0.1) is 17.9 Å². The lowest BCUT2D eigenvalue weighted by atomic mass is 9.85. The number of aromatic nitrogens is 2. The minimum Gasteiger partial charge on any atom is -0.350 e. The molecule has 1 aromatic rings. The summed E-state index contributed by atoms with van der Waals surface area (Å²) in [7, 11) is 0. The first-order valence-corrected chi connectivity index (χ1v) is 9.71. The Balaban J connectivity index is 1.54. The summed E-state index contributed by atoms with van der Waals surface area (Å²) in [4.78, 5) is 14.5. The first kappa shape index (κ1) is 17.5. The second kappa shape index (κ2) is 8.15. The molecule has 0 bridgehead atoms. The molecule has 0 aromatic carbocycles. The molecule has 1 fully saturated rings. The van der Waals surface area contributed by atoms with Crippen molar-refractivity contribution in [1.29, 1.82) is 0 Å². The molecule has 1 aliphatic heterocycles. The van der Waals surface area contributed by atoms with E-state index >= 15 is 0 Å². The van der Waals surface area contributed by atoms with Gasteiger partial charge in [-0.2, -0.15) is 5.10 Å². The molecule has 134 valence electrons. The van der Waals surface area contributed by atoms with Crippen LogP contribution in [-0.4, -0.2) is 33.7 Å². The molecule has 1 atom stereocenters. The highest BCUT2D eigenvalue weighted by Gasteiger charge is 2.25. The van der Waals surface area contributed by atoms with Crippen molar-refractivity contribution in [3.8, 4) is 0 Å². The fourth-order valence-corrected chi connectivity index (χ4v) is 3.85. The molecule has 24 heavy (non-hydrogen) atoms. The third kappa shape index (κ3) is 4.38. The number of nitrogens with zero attached hydrogens (tertiary/aromatic N) is 3. The van der Waals surface area contributed by atoms with Crippen LogP contribution in [0.1, 0.15) is 63.8 Å². The van der Waals surface area contributed by atoms with Crippen molar-refractivity contribution in [3.63, 3.8) is 0 Å². The number of nitrogens with one attached hydrogen (secondary N) is 1. The largest absolute Gasteiger partial charge is 0.350 e. The van der Waals surface area contributed by atoms with Crippen molar-refractivity contribution in [2.24, 2.45) is 11.8 Å². The maximum Gasteiger partial charge on any atom is 0.223 e. The molecule has 0 unspecified atom stereocenters. The van der Waals surface area contributed by atoms with Gasteiger partial charge in [-0.25, -0.2) is 0 Å². The van der Waals surface area contributed by atoms with Crippen LogP contribution < -0.4 is 5.32 Å². The van der Waals surface area contributed by atoms with Crippen molar-refractivity contribution in [1.82, 2.24) is 20.0 Å². The van der Waals surface area contributed by atoms with Crippen molar-refractivity contribution in [2.45, 2.75) is 72.0 Å². The maximum absolute atomic E-state index is 12.0. The third-order valence-electron chi connectivity index (χ3n) is 5.41. The van der Waals surface area contributed by atoms with Crippen LogP contribution in [0, 0.1) is 11.8 Å². The van der Waals surface area contributed by atoms with E-state index in [4.69, 9.17) is 5.10 Å². The number of hydrogen-bond acceptors (Lipinski definition) is 3. The minimum absolute atomic E-state index is 0.208. The molecule has 1 N–H and O–H groups in total. The quantitative estimate of drug-likeness (QED) is 0.835. The SMILES string of the molecule is CCC[C@@H](C)CN1CCCn2nc(CNC(=O)C3CCC3)cc2C1. The van der Waals surface area contributed by atoms with E-state index in [-0.39, 0.29) is 11.8 Å². The Bertz CT molecular complexity index is 550. The molecule has 1 aliphatic carbocycles. The number of amides is 1. The first-order chi connectivity index (χ1) is 11.7. The Morgan fingerprint density at radius 2 is 2.21 bits per heavy atom. The number of rotatable bonds is 7. The highest BCUT2D eigenvalue weighted by atomic mass is 16.1. The highest BCUT2D eigenvalue weighted by molar-refractivity contribution is 5.79. The number of hydrogen-bond donors (Lipinski definition) is 1. The van der Waals surface area contributed by atoms with Crippen LogP contribution in [0.4, 0.5) is 0 Å².